The molecule has 0 saturated heterocycles. The number of benzene rings is 3. The second kappa shape index (κ2) is 8.74. The molecule has 3 aromatic carbocycles. The predicted molar refractivity (Wildman–Crippen MR) is 114 cm³/mol. The third kappa shape index (κ3) is 4.93. The van der Waals surface area contributed by atoms with Crippen molar-refractivity contribution in [2.24, 2.45) is 5.73 Å². The Labute approximate surface area is 193 Å². The Morgan fingerprint density at radius 1 is 0.829 bits per heavy atom. The molecule has 0 radical (unpaired) electrons. The number of nitrogens with one attached hydrogen (secondary N) is 2. The van der Waals surface area contributed by atoms with Gasteiger partial charge in [0.25, 0.3) is 0 Å². The van der Waals surface area contributed by atoms with Crippen LogP contribution in [0.3, 0.4) is 0 Å². The van der Waals surface area contributed by atoms with E-state index in [1.54, 1.807) is 0 Å². The molecule has 0 spiro atoms. The summed E-state index contributed by atoms with van der Waals surface area (Å²) in [7, 11) is 0. The number of primary amides is 1. The van der Waals surface area contributed by atoms with E-state index in [9.17, 15) is 31.1 Å². The highest BCUT2D eigenvalue weighted by Gasteiger charge is 2.32. The van der Waals surface area contributed by atoms with Crippen LogP contribution in [0.25, 0.3) is 33.6 Å². The highest BCUT2D eigenvalue weighted by atomic mass is 19.4. The van der Waals surface area contributed by atoms with Crippen molar-refractivity contribution < 1.29 is 31.1 Å². The third-order valence-electron chi connectivity index (χ3n) is 5.03. The van der Waals surface area contributed by atoms with Gasteiger partial charge in [-0.15, -0.1) is 10.2 Å². The summed E-state index contributed by atoms with van der Waals surface area (Å²) in [5.41, 5.74) is 4.20. The van der Waals surface area contributed by atoms with Gasteiger partial charge in [-0.25, -0.2) is 4.79 Å². The molecular weight excluding hydrogens is 478 g/mol. The molecule has 0 bridgehead atoms. The number of rotatable bonds is 4. The second-order valence-electron chi connectivity index (χ2n) is 7.29. The number of aromatic amines is 1. The van der Waals surface area contributed by atoms with E-state index in [4.69, 9.17) is 5.73 Å². The Morgan fingerprint density at radius 3 is 2.09 bits per heavy atom. The number of carbonyl (C=O) groups is 1. The number of tetrazole rings is 1. The van der Waals surface area contributed by atoms with E-state index in [2.05, 4.69) is 25.9 Å². The number of halogens is 6. The van der Waals surface area contributed by atoms with Gasteiger partial charge in [0.2, 0.25) is 5.82 Å². The first-order valence-corrected chi connectivity index (χ1v) is 9.77. The summed E-state index contributed by atoms with van der Waals surface area (Å²) in [6.45, 7) is 0. The summed E-state index contributed by atoms with van der Waals surface area (Å²) in [6.07, 6.45) is -9.24. The average molecular weight is 492 g/mol. The zero-order chi connectivity index (χ0) is 25.4. The lowest BCUT2D eigenvalue weighted by Crippen LogP contribution is -2.20. The van der Waals surface area contributed by atoms with Gasteiger partial charge in [0, 0.05) is 5.56 Å². The molecule has 35 heavy (non-hydrogen) atoms. The molecular formula is C22H14F6N6O. The van der Waals surface area contributed by atoms with E-state index in [0.29, 0.717) is 0 Å². The molecule has 0 aliphatic carbocycles. The average Bonchev–Trinajstić information content (AvgIpc) is 3.32. The molecule has 0 fully saturated rings. The molecule has 1 heterocycles. The number of nitrogens with zero attached hydrogens (tertiary/aromatic N) is 3. The van der Waals surface area contributed by atoms with Crippen LogP contribution in [0, 0.1) is 0 Å². The van der Waals surface area contributed by atoms with Crippen molar-refractivity contribution in [3.05, 3.63) is 71.8 Å². The Balaban J connectivity index is 2.04. The van der Waals surface area contributed by atoms with Crippen molar-refractivity contribution in [2.45, 2.75) is 12.4 Å². The summed E-state index contributed by atoms with van der Waals surface area (Å²) >= 11 is 0. The van der Waals surface area contributed by atoms with Crippen molar-refractivity contribution in [1.29, 1.82) is 0 Å². The summed E-state index contributed by atoms with van der Waals surface area (Å²) in [5.74, 6) is -0.0880. The van der Waals surface area contributed by atoms with Gasteiger partial charge in [-0.3, -0.25) is 0 Å². The highest BCUT2D eigenvalue weighted by Crippen LogP contribution is 2.44. The first-order valence-electron chi connectivity index (χ1n) is 9.77. The topological polar surface area (TPSA) is 110 Å². The summed E-state index contributed by atoms with van der Waals surface area (Å²) < 4.78 is 79.6. The summed E-state index contributed by atoms with van der Waals surface area (Å²) in [4.78, 5) is 11.6. The Morgan fingerprint density at radius 2 is 1.51 bits per heavy atom. The number of nitrogens with two attached hydrogens (primary N) is 1. The Hall–Kier alpha value is -4.42. The van der Waals surface area contributed by atoms with Gasteiger partial charge in [-0.05, 0) is 52.2 Å². The van der Waals surface area contributed by atoms with Crippen LogP contribution < -0.4 is 11.1 Å². The summed E-state index contributed by atoms with van der Waals surface area (Å²) in [5, 5.41) is 15.8. The number of urea groups is 1. The lowest BCUT2D eigenvalue weighted by atomic mass is 9.88. The molecule has 0 unspecified atom stereocenters. The van der Waals surface area contributed by atoms with Gasteiger partial charge in [0.1, 0.15) is 0 Å². The number of anilines is 1. The van der Waals surface area contributed by atoms with Gasteiger partial charge in [-0.1, -0.05) is 30.3 Å². The van der Waals surface area contributed by atoms with Gasteiger partial charge in [0.15, 0.2) is 0 Å². The number of aromatic nitrogens is 4. The molecule has 7 nitrogen and oxygen atoms in total. The number of H-pyrrole nitrogens is 1. The minimum atomic E-state index is -4.67. The van der Waals surface area contributed by atoms with Crippen LogP contribution in [0.4, 0.5) is 36.8 Å². The molecule has 4 N–H and O–H groups in total. The van der Waals surface area contributed by atoms with Crippen molar-refractivity contribution in [3.63, 3.8) is 0 Å². The van der Waals surface area contributed by atoms with Crippen LogP contribution in [0.1, 0.15) is 11.1 Å². The molecule has 0 saturated carbocycles. The van der Waals surface area contributed by atoms with Crippen LogP contribution in [0.5, 0.6) is 0 Å². The van der Waals surface area contributed by atoms with Crippen molar-refractivity contribution in [1.82, 2.24) is 20.6 Å². The van der Waals surface area contributed by atoms with Crippen LogP contribution in [0.2, 0.25) is 0 Å². The van der Waals surface area contributed by atoms with Gasteiger partial charge in [-0.2, -0.15) is 31.6 Å². The third-order valence-corrected chi connectivity index (χ3v) is 5.03. The van der Waals surface area contributed by atoms with Crippen molar-refractivity contribution in [2.75, 3.05) is 5.32 Å². The molecule has 2 amide bonds. The minimum Gasteiger partial charge on any atom is -0.351 e. The van der Waals surface area contributed by atoms with E-state index in [1.165, 1.54) is 36.4 Å². The number of hydrogen-bond donors (Lipinski definition) is 3. The van der Waals surface area contributed by atoms with E-state index in [-0.39, 0.29) is 39.3 Å². The molecule has 0 aliphatic rings. The SMILES string of the molecule is NC(=O)Nc1ccc(-c2ccc(C(F)(F)F)cc2)c(-c2cccc(C(F)(F)F)c2)c1-c1nn[nH]n1. The van der Waals surface area contributed by atoms with Gasteiger partial charge >= 0.3 is 18.4 Å². The summed E-state index contributed by atoms with van der Waals surface area (Å²) in [6, 6.07) is 10.3. The highest BCUT2D eigenvalue weighted by molar-refractivity contribution is 6.02. The minimum absolute atomic E-state index is 0.0441. The number of carbonyl (C=O) groups excluding carboxylic acids is 1. The van der Waals surface area contributed by atoms with E-state index >= 15 is 0 Å². The standard InChI is InChI=1S/C22H14F6N6O/c23-21(24,25)13-6-4-11(5-7-13)15-8-9-16(30-20(29)35)18(19-31-33-34-32-19)17(15)12-2-1-3-14(10-12)22(26,27)28/h1-10H,(H3,29,30,35)(H,31,32,33,34). The molecule has 4 rings (SSSR count). The van der Waals surface area contributed by atoms with Gasteiger partial charge < -0.3 is 11.1 Å². The smallest absolute Gasteiger partial charge is 0.351 e. The molecule has 1 aromatic heterocycles. The zero-order valence-electron chi connectivity index (χ0n) is 17.4. The van der Waals surface area contributed by atoms with Crippen LogP contribution >= 0.6 is 0 Å². The maximum absolute atomic E-state index is 13.5. The van der Waals surface area contributed by atoms with Crippen molar-refractivity contribution in [3.8, 4) is 33.6 Å². The van der Waals surface area contributed by atoms with E-state index < -0.39 is 29.5 Å². The Kier molecular flexibility index (Phi) is 5.92. The maximum atomic E-state index is 13.5. The van der Waals surface area contributed by atoms with E-state index in [0.717, 1.165) is 24.3 Å². The molecule has 4 aromatic rings. The van der Waals surface area contributed by atoms with Crippen molar-refractivity contribution >= 4 is 11.7 Å². The predicted octanol–water partition coefficient (Wildman–Crippen LogP) is 5.73. The largest absolute Gasteiger partial charge is 0.416 e. The van der Waals surface area contributed by atoms with Crippen LogP contribution in [0.15, 0.2) is 60.7 Å². The number of alkyl halides is 6. The number of hydrogen-bond acceptors (Lipinski definition) is 4. The van der Waals surface area contributed by atoms with E-state index in [1.807, 2.05) is 0 Å². The molecule has 180 valence electrons. The fraction of sp³-hybridized carbons (Fsp3) is 0.0909. The van der Waals surface area contributed by atoms with Gasteiger partial charge in [0.05, 0.1) is 22.4 Å². The fourth-order valence-corrected chi connectivity index (χ4v) is 3.57. The fourth-order valence-electron chi connectivity index (χ4n) is 3.57. The normalized spacial score (nSPS) is 11.9. The maximum Gasteiger partial charge on any atom is 0.416 e. The lowest BCUT2D eigenvalue weighted by molar-refractivity contribution is -0.138. The quantitative estimate of drug-likeness (QED) is 0.316. The number of amides is 2. The molecule has 13 heteroatoms. The second-order valence-corrected chi connectivity index (χ2v) is 7.29. The van der Waals surface area contributed by atoms with Crippen LogP contribution in [-0.4, -0.2) is 26.7 Å². The first kappa shape index (κ1) is 23.7. The van der Waals surface area contributed by atoms with Crippen LogP contribution in [-0.2, 0) is 12.4 Å². The monoisotopic (exact) mass is 492 g/mol. The Bertz CT molecular complexity index is 1360. The molecule has 0 aliphatic heterocycles. The zero-order valence-corrected chi connectivity index (χ0v) is 17.4. The lowest BCUT2D eigenvalue weighted by Gasteiger charge is -2.19. The molecule has 0 atom stereocenters. The first-order chi connectivity index (χ1) is 16.4.